The van der Waals surface area contributed by atoms with Crippen molar-refractivity contribution in [2.24, 2.45) is 22.7 Å². The van der Waals surface area contributed by atoms with Gasteiger partial charge in [0.2, 0.25) is 11.7 Å². The second-order valence-electron chi connectivity index (χ2n) is 8.30. The van der Waals surface area contributed by atoms with Gasteiger partial charge in [-0.25, -0.2) is 23.2 Å². The van der Waals surface area contributed by atoms with Gasteiger partial charge in [-0.05, 0) is 49.5 Å². The lowest BCUT2D eigenvalue weighted by molar-refractivity contribution is -0.170. The molecule has 0 amide bonds. The molecular formula is C20H30N4O4S. The molecule has 0 bridgehead atoms. The third-order valence-electron chi connectivity index (χ3n) is 6.49. The number of ether oxygens (including phenoxy) is 1. The van der Waals surface area contributed by atoms with E-state index in [-0.39, 0.29) is 4.90 Å². The van der Waals surface area contributed by atoms with Crippen LogP contribution in [0.4, 0.5) is 0 Å². The van der Waals surface area contributed by atoms with E-state index in [0.717, 1.165) is 43.7 Å². The van der Waals surface area contributed by atoms with E-state index in [1.165, 1.54) is 31.7 Å². The maximum absolute atomic E-state index is 11.5. The summed E-state index contributed by atoms with van der Waals surface area (Å²) >= 11 is 0. The van der Waals surface area contributed by atoms with Crippen molar-refractivity contribution in [3.05, 3.63) is 18.3 Å². The first-order valence-corrected chi connectivity index (χ1v) is 12.3. The Labute approximate surface area is 172 Å². The van der Waals surface area contributed by atoms with Crippen molar-refractivity contribution >= 4 is 16.2 Å². The summed E-state index contributed by atoms with van der Waals surface area (Å²) in [5, 5.41) is 0. The van der Waals surface area contributed by atoms with Crippen molar-refractivity contribution in [3.63, 3.8) is 0 Å². The van der Waals surface area contributed by atoms with Crippen LogP contribution >= 0.6 is 0 Å². The van der Waals surface area contributed by atoms with Crippen molar-refractivity contribution in [2.45, 2.75) is 49.8 Å². The highest BCUT2D eigenvalue weighted by Crippen LogP contribution is 2.50. The van der Waals surface area contributed by atoms with Crippen molar-refractivity contribution in [1.29, 1.82) is 0 Å². The first-order chi connectivity index (χ1) is 13.9. The Morgan fingerprint density at radius 1 is 1.34 bits per heavy atom. The minimum absolute atomic E-state index is 0.216. The molecule has 2 fully saturated rings. The molecule has 8 nitrogen and oxygen atoms in total. The van der Waals surface area contributed by atoms with Crippen LogP contribution in [-0.4, -0.2) is 56.4 Å². The van der Waals surface area contributed by atoms with Crippen LogP contribution in [0.5, 0.6) is 5.88 Å². The molecular weight excluding hydrogens is 392 g/mol. The lowest BCUT2D eigenvalue weighted by Gasteiger charge is -2.40. The molecule has 1 saturated carbocycles. The van der Waals surface area contributed by atoms with Gasteiger partial charge in [-0.3, -0.25) is 10.4 Å². The van der Waals surface area contributed by atoms with Gasteiger partial charge < -0.3 is 4.74 Å². The summed E-state index contributed by atoms with van der Waals surface area (Å²) in [7, 11) is -3.22. The lowest BCUT2D eigenvalue weighted by atomic mass is 9.90. The summed E-state index contributed by atoms with van der Waals surface area (Å²) in [5.41, 5.74) is 2.78. The third kappa shape index (κ3) is 4.57. The van der Waals surface area contributed by atoms with Gasteiger partial charge in [-0.15, -0.1) is 0 Å². The minimum Gasteiger partial charge on any atom is -0.478 e. The largest absolute Gasteiger partial charge is 0.478 e. The topological polar surface area (TPSA) is 93.1 Å². The summed E-state index contributed by atoms with van der Waals surface area (Å²) in [4.78, 5) is 16.9. The van der Waals surface area contributed by atoms with E-state index in [2.05, 4.69) is 27.3 Å². The number of aliphatic imine (C=N–C) groups is 1. The molecule has 0 spiro atoms. The van der Waals surface area contributed by atoms with E-state index >= 15 is 0 Å². The van der Waals surface area contributed by atoms with E-state index in [1.54, 1.807) is 18.5 Å². The number of likely N-dealkylation sites (tertiary alicyclic amines) is 1. The summed E-state index contributed by atoms with van der Waals surface area (Å²) in [6, 6.07) is 3.17. The van der Waals surface area contributed by atoms with Crippen molar-refractivity contribution in [2.75, 3.05) is 26.0 Å². The average Bonchev–Trinajstić information content (AvgIpc) is 3.32. The number of hydroxylamine groups is 1. The van der Waals surface area contributed by atoms with Gasteiger partial charge in [0.25, 0.3) is 0 Å². The van der Waals surface area contributed by atoms with Crippen LogP contribution in [0.2, 0.25) is 0 Å². The normalized spacial score (nSPS) is 30.3. The molecule has 9 heteroatoms. The highest BCUT2D eigenvalue weighted by molar-refractivity contribution is 7.90. The Bertz CT molecular complexity index is 837. The number of hydrogen-bond donors (Lipinski definition) is 1. The Morgan fingerprint density at radius 2 is 2.14 bits per heavy atom. The van der Waals surface area contributed by atoms with Crippen molar-refractivity contribution < 1.29 is 18.0 Å². The van der Waals surface area contributed by atoms with E-state index in [4.69, 9.17) is 9.57 Å². The molecule has 1 N–H and O–H groups in total. The Hall–Kier alpha value is -1.71. The Kier molecular flexibility index (Phi) is 5.81. The van der Waals surface area contributed by atoms with Crippen LogP contribution in [-0.2, 0) is 14.7 Å². The van der Waals surface area contributed by atoms with Gasteiger partial charge in [0.05, 0.1) is 11.5 Å². The first-order valence-electron chi connectivity index (χ1n) is 10.4. The predicted molar refractivity (Wildman–Crippen MR) is 109 cm³/mol. The number of nitrogens with one attached hydrogen (secondary N) is 1. The number of rotatable bonds is 8. The number of nitrogens with zero attached hydrogens (tertiary/aromatic N) is 3. The summed E-state index contributed by atoms with van der Waals surface area (Å²) < 4.78 is 28.7. The molecule has 3 aliphatic rings. The number of hydrogen-bond acceptors (Lipinski definition) is 8. The molecule has 29 heavy (non-hydrogen) atoms. The molecule has 1 unspecified atom stereocenters. The van der Waals surface area contributed by atoms with E-state index in [0.29, 0.717) is 12.5 Å². The summed E-state index contributed by atoms with van der Waals surface area (Å²) in [5.74, 6) is 2.27. The average molecular weight is 423 g/mol. The second kappa shape index (κ2) is 8.20. The fraction of sp³-hybridized carbons (Fsp3) is 0.700. The smallest absolute Gasteiger partial charge is 0.242 e. The van der Waals surface area contributed by atoms with Crippen LogP contribution < -0.4 is 10.2 Å². The highest BCUT2D eigenvalue weighted by Gasteiger charge is 2.46. The second-order valence-corrected chi connectivity index (χ2v) is 10.3. The number of aromatic nitrogens is 1. The van der Waals surface area contributed by atoms with Gasteiger partial charge >= 0.3 is 0 Å². The molecule has 1 saturated heterocycles. The maximum Gasteiger partial charge on any atom is 0.242 e. The molecule has 3 atom stereocenters. The third-order valence-corrected chi connectivity index (χ3v) is 7.59. The molecule has 1 aromatic heterocycles. The van der Waals surface area contributed by atoms with Gasteiger partial charge in [0, 0.05) is 38.0 Å². The summed E-state index contributed by atoms with van der Waals surface area (Å²) in [6.45, 7) is 4.77. The Balaban J connectivity index is 1.18. The standard InChI is InChI=1S/C20H30N4O4S/c1-3-20(22-14-23-28-20)24-9-6-15(7-10-24)18-12-16(18)8-11-27-19-5-4-17(13-21-19)29(2,25)26/h4-5,13-16,18H,3,6-12H2,1-2H3,(H,22,23)/t16-,18-,20?/m1/s1. The molecule has 4 rings (SSSR count). The zero-order valence-corrected chi connectivity index (χ0v) is 17.9. The monoisotopic (exact) mass is 422 g/mol. The van der Waals surface area contributed by atoms with E-state index in [1.807, 2.05) is 0 Å². The fourth-order valence-corrected chi connectivity index (χ4v) is 5.21. The van der Waals surface area contributed by atoms with Crippen LogP contribution in [0.3, 0.4) is 0 Å². The van der Waals surface area contributed by atoms with Crippen LogP contribution in [0.25, 0.3) is 0 Å². The molecule has 3 heterocycles. The van der Waals surface area contributed by atoms with Crippen molar-refractivity contribution in [1.82, 2.24) is 15.4 Å². The molecule has 0 radical (unpaired) electrons. The van der Waals surface area contributed by atoms with Crippen LogP contribution in [0.1, 0.15) is 39.0 Å². The Morgan fingerprint density at radius 3 is 2.72 bits per heavy atom. The van der Waals surface area contributed by atoms with Gasteiger partial charge in [0.15, 0.2) is 9.84 Å². The predicted octanol–water partition coefficient (Wildman–Crippen LogP) is 2.23. The first kappa shape index (κ1) is 20.6. The molecule has 2 aliphatic heterocycles. The fourth-order valence-electron chi connectivity index (χ4n) is 4.65. The minimum atomic E-state index is -3.22. The number of piperidine rings is 1. The zero-order chi connectivity index (χ0) is 20.5. The van der Waals surface area contributed by atoms with Crippen LogP contribution in [0.15, 0.2) is 28.2 Å². The van der Waals surface area contributed by atoms with Crippen molar-refractivity contribution in [3.8, 4) is 5.88 Å². The number of pyridine rings is 1. The molecule has 0 aromatic carbocycles. The maximum atomic E-state index is 11.5. The molecule has 160 valence electrons. The van der Waals surface area contributed by atoms with Crippen LogP contribution in [0, 0.1) is 17.8 Å². The lowest BCUT2D eigenvalue weighted by Crippen LogP contribution is -2.51. The number of sulfone groups is 1. The SMILES string of the molecule is CCC1(N2CCC([C@H]3C[C@H]3CCOc3ccc(S(C)(=O)=O)cn3)CC2)N=CNO1. The van der Waals surface area contributed by atoms with E-state index in [9.17, 15) is 8.42 Å². The van der Waals surface area contributed by atoms with E-state index < -0.39 is 15.7 Å². The molecule has 1 aliphatic carbocycles. The summed E-state index contributed by atoms with van der Waals surface area (Å²) in [6.07, 6.45) is 9.71. The molecule has 1 aromatic rings. The zero-order valence-electron chi connectivity index (χ0n) is 17.1. The van der Waals surface area contributed by atoms with Gasteiger partial charge in [0.1, 0.15) is 6.34 Å². The highest BCUT2D eigenvalue weighted by atomic mass is 32.2. The van der Waals surface area contributed by atoms with Gasteiger partial charge in [-0.1, -0.05) is 6.92 Å². The van der Waals surface area contributed by atoms with Gasteiger partial charge in [-0.2, -0.15) is 0 Å². The quantitative estimate of drug-likeness (QED) is 0.687.